The van der Waals surface area contributed by atoms with Gasteiger partial charge in [0.2, 0.25) is 10.0 Å². The maximum absolute atomic E-state index is 12.3. The first kappa shape index (κ1) is 40.4. The van der Waals surface area contributed by atoms with Crippen LogP contribution in [0.5, 0.6) is 0 Å². The van der Waals surface area contributed by atoms with Crippen molar-refractivity contribution in [2.75, 3.05) is 19.5 Å². The van der Waals surface area contributed by atoms with E-state index in [1.807, 2.05) is 91.0 Å². The summed E-state index contributed by atoms with van der Waals surface area (Å²) in [6.07, 6.45) is -7.47. The summed E-state index contributed by atoms with van der Waals surface area (Å²) in [6, 6.07) is 27.6. The first-order valence-corrected chi connectivity index (χ1v) is 19.2. The second-order valence-corrected chi connectivity index (χ2v) is 14.7. The van der Waals surface area contributed by atoms with E-state index < -0.39 is 77.2 Å². The van der Waals surface area contributed by atoms with E-state index in [0.29, 0.717) is 0 Å². The van der Waals surface area contributed by atoms with E-state index in [9.17, 15) is 23.1 Å². The van der Waals surface area contributed by atoms with E-state index in [-0.39, 0.29) is 39.5 Å². The average molecular weight is 758 g/mol. The third-order valence-electron chi connectivity index (χ3n) is 8.57. The summed E-state index contributed by atoms with van der Waals surface area (Å²) in [6.45, 7) is 2.36. The summed E-state index contributed by atoms with van der Waals surface area (Å²) in [4.78, 5) is 23.7. The maximum Gasteiger partial charge on any atom is 0.303 e. The van der Waals surface area contributed by atoms with Gasteiger partial charge in [0.05, 0.1) is 38.7 Å². The SMILES string of the molecule is CC(=O)OC[C@H]1O[C@H](OC[C@H]2O[C@H](O)[C@H](OCc3ccccc3)[C@@H](OCc3ccccc3)[C@@H]2OCc2ccccc2)C[C@H](NS(C)(=O)=O)[C@@H]1OC(C)=O. The molecule has 3 aromatic carbocycles. The molecule has 0 unspecified atom stereocenters. The molecular weight excluding hydrogens is 710 g/mol. The molecule has 9 atom stereocenters. The molecule has 2 heterocycles. The van der Waals surface area contributed by atoms with Crippen molar-refractivity contribution in [2.45, 2.75) is 95.3 Å². The van der Waals surface area contributed by atoms with Crippen molar-refractivity contribution >= 4 is 22.0 Å². The molecule has 0 saturated carbocycles. The molecule has 2 aliphatic heterocycles. The molecule has 14 nitrogen and oxygen atoms in total. The zero-order valence-electron chi connectivity index (χ0n) is 29.9. The van der Waals surface area contributed by atoms with Crippen molar-refractivity contribution < 1.29 is 61.0 Å². The largest absolute Gasteiger partial charge is 0.463 e. The van der Waals surface area contributed by atoms with E-state index in [4.69, 9.17) is 37.9 Å². The van der Waals surface area contributed by atoms with Crippen molar-refractivity contribution in [3.8, 4) is 0 Å². The number of aliphatic hydroxyl groups is 1. The number of carbonyl (C=O) groups is 2. The number of hydrogen-bond acceptors (Lipinski definition) is 13. The molecule has 15 heteroatoms. The van der Waals surface area contributed by atoms with Crippen LogP contribution in [-0.2, 0) is 77.3 Å². The Morgan fingerprint density at radius 2 is 1.17 bits per heavy atom. The summed E-state index contributed by atoms with van der Waals surface area (Å²) < 4.78 is 75.5. The van der Waals surface area contributed by atoms with Crippen molar-refractivity contribution in [2.24, 2.45) is 0 Å². The molecule has 5 rings (SSSR count). The summed E-state index contributed by atoms with van der Waals surface area (Å²) in [7, 11) is -3.79. The molecule has 0 aromatic heterocycles. The lowest BCUT2D eigenvalue weighted by Gasteiger charge is -2.45. The Morgan fingerprint density at radius 3 is 1.66 bits per heavy atom. The predicted octanol–water partition coefficient (Wildman–Crippen LogP) is 3.00. The van der Waals surface area contributed by atoms with Crippen LogP contribution in [0.1, 0.15) is 37.0 Å². The minimum absolute atomic E-state index is 0.0802. The van der Waals surface area contributed by atoms with Gasteiger partial charge in [0.1, 0.15) is 43.2 Å². The van der Waals surface area contributed by atoms with Gasteiger partial charge in [0, 0.05) is 20.3 Å². The first-order chi connectivity index (χ1) is 25.4. The maximum atomic E-state index is 12.3. The van der Waals surface area contributed by atoms with Crippen molar-refractivity contribution in [1.29, 1.82) is 0 Å². The van der Waals surface area contributed by atoms with Gasteiger partial charge in [-0.2, -0.15) is 0 Å². The molecule has 0 bridgehead atoms. The second kappa shape index (κ2) is 19.5. The minimum Gasteiger partial charge on any atom is -0.463 e. The lowest BCUT2D eigenvalue weighted by atomic mass is 9.97. The number of aliphatic hydroxyl groups excluding tert-OH is 1. The number of hydrogen-bond donors (Lipinski definition) is 2. The molecule has 2 fully saturated rings. The van der Waals surface area contributed by atoms with Gasteiger partial charge in [0.15, 0.2) is 12.6 Å². The summed E-state index contributed by atoms with van der Waals surface area (Å²) in [5, 5.41) is 11.4. The van der Waals surface area contributed by atoms with E-state index >= 15 is 0 Å². The van der Waals surface area contributed by atoms with Crippen LogP contribution in [0.15, 0.2) is 91.0 Å². The van der Waals surface area contributed by atoms with Gasteiger partial charge in [-0.3, -0.25) is 9.59 Å². The van der Waals surface area contributed by atoms with Crippen LogP contribution in [0.2, 0.25) is 0 Å². The number of nitrogens with one attached hydrogen (secondary N) is 1. The zero-order chi connectivity index (χ0) is 37.8. The normalized spacial score (nSPS) is 27.5. The minimum atomic E-state index is -3.79. The predicted molar refractivity (Wildman–Crippen MR) is 189 cm³/mol. The fourth-order valence-electron chi connectivity index (χ4n) is 6.21. The highest BCUT2D eigenvalue weighted by Gasteiger charge is 2.49. The van der Waals surface area contributed by atoms with E-state index in [1.54, 1.807) is 0 Å². The van der Waals surface area contributed by atoms with Crippen LogP contribution in [0.4, 0.5) is 0 Å². The number of rotatable bonds is 17. The molecule has 288 valence electrons. The molecule has 2 N–H and O–H groups in total. The summed E-state index contributed by atoms with van der Waals surface area (Å²) in [5.74, 6) is -1.29. The van der Waals surface area contributed by atoms with Gasteiger partial charge in [-0.25, -0.2) is 13.1 Å². The molecule has 0 amide bonds. The Hall–Kier alpha value is -3.77. The van der Waals surface area contributed by atoms with Gasteiger partial charge >= 0.3 is 11.9 Å². The third kappa shape index (κ3) is 12.7. The van der Waals surface area contributed by atoms with Crippen LogP contribution in [0, 0.1) is 0 Å². The number of benzene rings is 3. The monoisotopic (exact) mass is 757 g/mol. The van der Waals surface area contributed by atoms with Gasteiger partial charge in [-0.15, -0.1) is 0 Å². The molecule has 3 aromatic rings. The van der Waals surface area contributed by atoms with Crippen LogP contribution in [0.3, 0.4) is 0 Å². The number of carbonyl (C=O) groups excluding carboxylic acids is 2. The van der Waals surface area contributed by atoms with E-state index in [1.165, 1.54) is 13.8 Å². The molecule has 2 aliphatic rings. The molecule has 0 aliphatic carbocycles. The molecule has 2 saturated heterocycles. The van der Waals surface area contributed by atoms with Gasteiger partial charge < -0.3 is 43.0 Å². The van der Waals surface area contributed by atoms with Crippen LogP contribution < -0.4 is 4.72 Å². The van der Waals surface area contributed by atoms with Crippen molar-refractivity contribution in [3.63, 3.8) is 0 Å². The molecule has 0 radical (unpaired) electrons. The zero-order valence-corrected chi connectivity index (χ0v) is 30.7. The second-order valence-electron chi connectivity index (χ2n) is 12.9. The fraction of sp³-hybridized carbons (Fsp3) is 0.474. The quantitative estimate of drug-likeness (QED) is 0.193. The average Bonchev–Trinajstić information content (AvgIpc) is 3.12. The van der Waals surface area contributed by atoms with Crippen molar-refractivity contribution in [1.82, 2.24) is 4.72 Å². The van der Waals surface area contributed by atoms with Gasteiger partial charge in [-0.1, -0.05) is 91.0 Å². The van der Waals surface area contributed by atoms with E-state index in [2.05, 4.69) is 4.72 Å². The Balaban J connectivity index is 1.40. The Bertz CT molecular complexity index is 1680. The highest BCUT2D eigenvalue weighted by atomic mass is 32.2. The number of ether oxygens (including phenoxy) is 8. The third-order valence-corrected chi connectivity index (χ3v) is 9.30. The summed E-state index contributed by atoms with van der Waals surface area (Å²) >= 11 is 0. The fourth-order valence-corrected chi connectivity index (χ4v) is 6.99. The summed E-state index contributed by atoms with van der Waals surface area (Å²) in [5.41, 5.74) is 2.67. The molecule has 53 heavy (non-hydrogen) atoms. The molecule has 0 spiro atoms. The Labute approximate surface area is 309 Å². The lowest BCUT2D eigenvalue weighted by Crippen LogP contribution is -2.62. The van der Waals surface area contributed by atoms with Gasteiger partial charge in [-0.05, 0) is 16.7 Å². The topological polar surface area (TPSA) is 174 Å². The number of esters is 2. The van der Waals surface area contributed by atoms with E-state index in [0.717, 1.165) is 22.9 Å². The highest BCUT2D eigenvalue weighted by molar-refractivity contribution is 7.88. The van der Waals surface area contributed by atoms with Crippen LogP contribution in [0.25, 0.3) is 0 Å². The van der Waals surface area contributed by atoms with Crippen molar-refractivity contribution in [3.05, 3.63) is 108 Å². The smallest absolute Gasteiger partial charge is 0.303 e. The number of sulfonamides is 1. The standard InChI is InChI=1S/C38H47NO13S/c1-25(40)45-23-31-34(50-26(2)41)30(39-53(3,43)44)19-33(51-31)46-24-32-35(47-20-27-13-7-4-8-14-27)36(48-21-28-15-9-5-10-16-28)37(38(42)52-32)49-22-29-17-11-6-12-18-29/h4-18,30-39,42H,19-24H2,1-3H3/t30-,31+,32+,33-,34-,35+,36-,37+,38-/m0/s1. The van der Waals surface area contributed by atoms with Crippen LogP contribution >= 0.6 is 0 Å². The highest BCUT2D eigenvalue weighted by Crippen LogP contribution is 2.31. The first-order valence-electron chi connectivity index (χ1n) is 17.3. The Morgan fingerprint density at radius 1 is 0.679 bits per heavy atom. The lowest BCUT2D eigenvalue weighted by molar-refractivity contribution is -0.326. The Kier molecular flexibility index (Phi) is 14.9. The van der Waals surface area contributed by atoms with Gasteiger partial charge in [0.25, 0.3) is 0 Å². The molecular formula is C38H47NO13S. The van der Waals surface area contributed by atoms with Crippen LogP contribution in [-0.4, -0.2) is 100 Å².